The monoisotopic (exact) mass is 345 g/mol. The summed E-state index contributed by atoms with van der Waals surface area (Å²) in [5, 5.41) is 2.06. The van der Waals surface area contributed by atoms with Gasteiger partial charge in [0, 0.05) is 11.9 Å². The number of ether oxygens (including phenoxy) is 1. The van der Waals surface area contributed by atoms with Gasteiger partial charge in [-0.15, -0.1) is 0 Å². The number of rotatable bonds is 3. The van der Waals surface area contributed by atoms with Crippen molar-refractivity contribution >= 4 is 26.7 Å². The summed E-state index contributed by atoms with van der Waals surface area (Å²) in [5.74, 6) is 0.987. The maximum absolute atomic E-state index is 13.3. The number of nitrogens with two attached hydrogens (primary N) is 1. The van der Waals surface area contributed by atoms with E-state index in [4.69, 9.17) is 10.5 Å². The highest BCUT2D eigenvalue weighted by molar-refractivity contribution is 9.10. The molecule has 106 valence electrons. The van der Waals surface area contributed by atoms with Crippen molar-refractivity contribution in [1.29, 1.82) is 0 Å². The molecule has 3 aromatic carbocycles. The van der Waals surface area contributed by atoms with Crippen molar-refractivity contribution in [3.8, 4) is 11.5 Å². The molecule has 0 saturated heterocycles. The lowest BCUT2D eigenvalue weighted by molar-refractivity contribution is 0.485. The molecule has 0 heterocycles. The quantitative estimate of drug-likeness (QED) is 0.725. The number of hydrogen-bond acceptors (Lipinski definition) is 2. The van der Waals surface area contributed by atoms with E-state index in [1.807, 2.05) is 36.4 Å². The summed E-state index contributed by atoms with van der Waals surface area (Å²) < 4.78 is 19.5. The fourth-order valence-corrected chi connectivity index (χ4v) is 2.63. The maximum atomic E-state index is 13.3. The van der Waals surface area contributed by atoms with Gasteiger partial charge in [0.1, 0.15) is 17.3 Å². The lowest BCUT2D eigenvalue weighted by Gasteiger charge is -2.12. The molecular formula is C17H13BrFNO. The van der Waals surface area contributed by atoms with Crippen molar-refractivity contribution in [3.05, 3.63) is 70.5 Å². The van der Waals surface area contributed by atoms with Crippen LogP contribution in [0.5, 0.6) is 11.5 Å². The van der Waals surface area contributed by atoms with Crippen LogP contribution in [0.15, 0.2) is 59.1 Å². The molecule has 4 heteroatoms. The molecule has 2 nitrogen and oxygen atoms in total. The zero-order valence-electron chi connectivity index (χ0n) is 11.1. The minimum absolute atomic E-state index is 0.314. The van der Waals surface area contributed by atoms with Crippen LogP contribution < -0.4 is 10.5 Å². The first-order valence-corrected chi connectivity index (χ1v) is 7.32. The molecule has 0 aliphatic carbocycles. The van der Waals surface area contributed by atoms with Gasteiger partial charge in [-0.05, 0) is 51.1 Å². The smallest absolute Gasteiger partial charge is 0.137 e. The summed E-state index contributed by atoms with van der Waals surface area (Å²) in [6.07, 6.45) is 0. The van der Waals surface area contributed by atoms with Gasteiger partial charge in [0.15, 0.2) is 0 Å². The topological polar surface area (TPSA) is 35.2 Å². The van der Waals surface area contributed by atoms with E-state index in [1.165, 1.54) is 6.07 Å². The zero-order chi connectivity index (χ0) is 14.8. The average Bonchev–Trinajstić information content (AvgIpc) is 2.51. The fourth-order valence-electron chi connectivity index (χ4n) is 2.27. The van der Waals surface area contributed by atoms with E-state index < -0.39 is 0 Å². The van der Waals surface area contributed by atoms with E-state index in [9.17, 15) is 4.39 Å². The van der Waals surface area contributed by atoms with Gasteiger partial charge in [-0.25, -0.2) is 4.39 Å². The summed E-state index contributed by atoms with van der Waals surface area (Å²) >= 11 is 3.16. The Morgan fingerprint density at radius 1 is 1.00 bits per heavy atom. The van der Waals surface area contributed by atoms with E-state index >= 15 is 0 Å². The number of benzene rings is 3. The van der Waals surface area contributed by atoms with Crippen LogP contribution in [0.1, 0.15) is 5.56 Å². The molecule has 0 atom stereocenters. The normalized spacial score (nSPS) is 10.8. The third-order valence-electron chi connectivity index (χ3n) is 3.31. The standard InChI is InChI=1S/C17H13BrFNO/c18-15-9-12(6-7-16(15)19)21-17-8-5-11(10-20)13-3-1-2-4-14(13)17/h1-9H,10,20H2. The maximum Gasteiger partial charge on any atom is 0.137 e. The van der Waals surface area contributed by atoms with Crippen LogP contribution in [0.3, 0.4) is 0 Å². The van der Waals surface area contributed by atoms with Crippen molar-refractivity contribution in [2.75, 3.05) is 0 Å². The highest BCUT2D eigenvalue weighted by Crippen LogP contribution is 2.33. The Morgan fingerprint density at radius 3 is 2.48 bits per heavy atom. The Morgan fingerprint density at radius 2 is 1.76 bits per heavy atom. The molecule has 0 radical (unpaired) electrons. The number of halogens is 2. The van der Waals surface area contributed by atoms with E-state index in [0.29, 0.717) is 16.8 Å². The Labute approximate surface area is 130 Å². The molecule has 0 unspecified atom stereocenters. The molecule has 0 fully saturated rings. The second kappa shape index (κ2) is 5.84. The van der Waals surface area contributed by atoms with Gasteiger partial charge in [0.2, 0.25) is 0 Å². The van der Waals surface area contributed by atoms with Crippen LogP contribution in [0, 0.1) is 5.82 Å². The zero-order valence-corrected chi connectivity index (χ0v) is 12.7. The first-order valence-electron chi connectivity index (χ1n) is 6.52. The predicted octanol–water partition coefficient (Wildman–Crippen LogP) is 4.99. The largest absolute Gasteiger partial charge is 0.457 e. The summed E-state index contributed by atoms with van der Waals surface area (Å²) in [7, 11) is 0. The van der Waals surface area contributed by atoms with Gasteiger partial charge < -0.3 is 10.5 Å². The highest BCUT2D eigenvalue weighted by atomic mass is 79.9. The van der Waals surface area contributed by atoms with Crippen LogP contribution in [0.4, 0.5) is 4.39 Å². The van der Waals surface area contributed by atoms with E-state index in [1.54, 1.807) is 12.1 Å². The number of fused-ring (bicyclic) bond motifs is 1. The van der Waals surface area contributed by atoms with Crippen LogP contribution in [0.2, 0.25) is 0 Å². The molecule has 0 spiro atoms. The molecule has 0 aliphatic rings. The second-order valence-electron chi connectivity index (χ2n) is 4.65. The van der Waals surface area contributed by atoms with Crippen LogP contribution in [-0.2, 0) is 6.54 Å². The first-order chi connectivity index (χ1) is 10.2. The third-order valence-corrected chi connectivity index (χ3v) is 3.92. The van der Waals surface area contributed by atoms with Crippen molar-refractivity contribution in [3.63, 3.8) is 0 Å². The van der Waals surface area contributed by atoms with Gasteiger partial charge in [-0.3, -0.25) is 0 Å². The van der Waals surface area contributed by atoms with Crippen molar-refractivity contribution in [2.24, 2.45) is 5.73 Å². The Balaban J connectivity index is 2.06. The lowest BCUT2D eigenvalue weighted by Crippen LogP contribution is -1.98. The average molecular weight is 346 g/mol. The van der Waals surface area contributed by atoms with Gasteiger partial charge in [0.25, 0.3) is 0 Å². The first kappa shape index (κ1) is 14.0. The number of hydrogen-bond donors (Lipinski definition) is 1. The van der Waals surface area contributed by atoms with E-state index in [0.717, 1.165) is 22.1 Å². The minimum Gasteiger partial charge on any atom is -0.457 e. The summed E-state index contributed by atoms with van der Waals surface area (Å²) in [5.41, 5.74) is 6.83. The van der Waals surface area contributed by atoms with E-state index in [2.05, 4.69) is 15.9 Å². The Kier molecular flexibility index (Phi) is 3.90. The van der Waals surface area contributed by atoms with Crippen LogP contribution in [-0.4, -0.2) is 0 Å². The van der Waals surface area contributed by atoms with E-state index in [-0.39, 0.29) is 5.82 Å². The highest BCUT2D eigenvalue weighted by Gasteiger charge is 2.08. The molecular weight excluding hydrogens is 333 g/mol. The fraction of sp³-hybridized carbons (Fsp3) is 0.0588. The van der Waals surface area contributed by atoms with Gasteiger partial charge >= 0.3 is 0 Å². The summed E-state index contributed by atoms with van der Waals surface area (Å²) in [4.78, 5) is 0. The molecule has 21 heavy (non-hydrogen) atoms. The summed E-state index contributed by atoms with van der Waals surface area (Å²) in [6, 6.07) is 16.4. The van der Waals surface area contributed by atoms with Gasteiger partial charge in [-0.2, -0.15) is 0 Å². The van der Waals surface area contributed by atoms with Gasteiger partial charge in [0.05, 0.1) is 4.47 Å². The van der Waals surface area contributed by atoms with Gasteiger partial charge in [-0.1, -0.05) is 30.3 Å². The Bertz CT molecular complexity index is 804. The molecule has 3 rings (SSSR count). The van der Waals surface area contributed by atoms with Crippen molar-refractivity contribution in [1.82, 2.24) is 0 Å². The SMILES string of the molecule is NCc1ccc(Oc2ccc(F)c(Br)c2)c2ccccc12. The third kappa shape index (κ3) is 2.77. The Hall–Kier alpha value is -1.91. The molecule has 0 saturated carbocycles. The van der Waals surface area contributed by atoms with Crippen molar-refractivity contribution < 1.29 is 9.13 Å². The molecule has 2 N–H and O–H groups in total. The summed E-state index contributed by atoms with van der Waals surface area (Å²) in [6.45, 7) is 0.475. The van der Waals surface area contributed by atoms with Crippen LogP contribution in [0.25, 0.3) is 10.8 Å². The molecule has 0 amide bonds. The van der Waals surface area contributed by atoms with Crippen molar-refractivity contribution in [2.45, 2.75) is 6.54 Å². The second-order valence-corrected chi connectivity index (χ2v) is 5.50. The minimum atomic E-state index is -0.314. The molecule has 0 aliphatic heterocycles. The predicted molar refractivity (Wildman–Crippen MR) is 86.0 cm³/mol. The lowest BCUT2D eigenvalue weighted by atomic mass is 10.0. The molecule has 0 aromatic heterocycles. The molecule has 0 bridgehead atoms. The molecule has 3 aromatic rings. The van der Waals surface area contributed by atoms with Crippen LogP contribution >= 0.6 is 15.9 Å².